The summed E-state index contributed by atoms with van der Waals surface area (Å²) in [6.07, 6.45) is 0. The monoisotopic (exact) mass is 398 g/mol. The fraction of sp³-hybridized carbons (Fsp3) is 0.167. The van der Waals surface area contributed by atoms with Gasteiger partial charge in [-0.25, -0.2) is 0 Å². The van der Waals surface area contributed by atoms with Crippen LogP contribution in [0.1, 0.15) is 0 Å². The van der Waals surface area contributed by atoms with Crippen LogP contribution in [0.3, 0.4) is 0 Å². The van der Waals surface area contributed by atoms with Crippen molar-refractivity contribution in [2.24, 2.45) is 0 Å². The smallest absolute Gasteiger partial charge is 0.388 e. The van der Waals surface area contributed by atoms with Gasteiger partial charge in [-0.2, -0.15) is 13.8 Å². The highest BCUT2D eigenvalue weighted by atomic mass is 127. The van der Waals surface area contributed by atoms with Crippen molar-refractivity contribution in [3.8, 4) is 5.88 Å². The van der Waals surface area contributed by atoms with Gasteiger partial charge in [0.1, 0.15) is 5.15 Å². The second-order valence-electron chi connectivity index (χ2n) is 2.13. The van der Waals surface area contributed by atoms with Crippen molar-refractivity contribution in [1.29, 1.82) is 0 Å². The fourth-order valence-electron chi connectivity index (χ4n) is 0.672. The molecule has 78 valence electrons. The SMILES string of the molecule is Nc1c(Br)c(Cl)nc(OC(F)F)c1I. The Morgan fingerprint density at radius 1 is 1.57 bits per heavy atom. The first-order valence-corrected chi connectivity index (χ1v) is 5.43. The average Bonchev–Trinajstić information content (AvgIpc) is 2.10. The zero-order valence-corrected chi connectivity index (χ0v) is 10.9. The number of anilines is 1. The summed E-state index contributed by atoms with van der Waals surface area (Å²) in [5.41, 5.74) is 5.78. The van der Waals surface area contributed by atoms with E-state index in [1.54, 1.807) is 22.6 Å². The third kappa shape index (κ3) is 2.57. The Labute approximate surface area is 105 Å². The Morgan fingerprint density at radius 2 is 2.14 bits per heavy atom. The van der Waals surface area contributed by atoms with Gasteiger partial charge in [-0.3, -0.25) is 0 Å². The lowest BCUT2D eigenvalue weighted by molar-refractivity contribution is -0.0534. The highest BCUT2D eigenvalue weighted by Gasteiger charge is 2.17. The van der Waals surface area contributed by atoms with E-state index in [2.05, 4.69) is 25.7 Å². The van der Waals surface area contributed by atoms with Gasteiger partial charge in [-0.05, 0) is 38.5 Å². The molecule has 8 heteroatoms. The summed E-state index contributed by atoms with van der Waals surface area (Å²) in [6.45, 7) is -2.95. The van der Waals surface area contributed by atoms with Crippen molar-refractivity contribution in [2.75, 3.05) is 5.73 Å². The third-order valence-electron chi connectivity index (χ3n) is 1.24. The largest absolute Gasteiger partial charge is 0.416 e. The Hall–Kier alpha value is 0.110. The van der Waals surface area contributed by atoms with E-state index in [0.717, 1.165) is 0 Å². The van der Waals surface area contributed by atoms with Crippen LogP contribution in [0.4, 0.5) is 14.5 Å². The molecule has 0 aromatic carbocycles. The number of nitrogen functional groups attached to an aromatic ring is 1. The number of halogens is 5. The Bertz CT molecular complexity index is 366. The number of hydrogen-bond acceptors (Lipinski definition) is 3. The van der Waals surface area contributed by atoms with Crippen molar-refractivity contribution in [2.45, 2.75) is 6.61 Å². The number of rotatable bonds is 2. The minimum Gasteiger partial charge on any atom is -0.416 e. The molecular weight excluding hydrogens is 396 g/mol. The topological polar surface area (TPSA) is 48.1 Å². The first kappa shape index (κ1) is 12.2. The molecule has 1 aromatic rings. The van der Waals surface area contributed by atoms with Crippen molar-refractivity contribution in [3.63, 3.8) is 0 Å². The molecule has 0 aliphatic rings. The van der Waals surface area contributed by atoms with Crippen LogP contribution in [0.25, 0.3) is 0 Å². The maximum atomic E-state index is 11.9. The molecule has 1 rings (SSSR count). The molecular formula is C6H3BrClF2IN2O. The number of nitrogens with zero attached hydrogens (tertiary/aromatic N) is 1. The second-order valence-corrected chi connectivity index (χ2v) is 4.36. The van der Waals surface area contributed by atoms with Gasteiger partial charge in [-0.15, -0.1) is 0 Å². The summed E-state index contributed by atoms with van der Waals surface area (Å²) in [7, 11) is 0. The first-order valence-electron chi connectivity index (χ1n) is 3.18. The lowest BCUT2D eigenvalue weighted by Gasteiger charge is -2.09. The third-order valence-corrected chi connectivity index (χ3v) is 3.59. The van der Waals surface area contributed by atoms with Gasteiger partial charge in [0, 0.05) is 0 Å². The zero-order chi connectivity index (χ0) is 10.9. The molecule has 0 amide bonds. The lowest BCUT2D eigenvalue weighted by atomic mass is 10.4. The molecule has 1 aromatic heterocycles. The van der Waals surface area contributed by atoms with Crippen LogP contribution in [-0.2, 0) is 0 Å². The molecule has 0 saturated heterocycles. The van der Waals surface area contributed by atoms with Gasteiger partial charge < -0.3 is 10.5 Å². The maximum absolute atomic E-state index is 11.9. The predicted octanol–water partition coefficient (Wildman–Crippen LogP) is 3.29. The molecule has 3 nitrogen and oxygen atoms in total. The highest BCUT2D eigenvalue weighted by Crippen LogP contribution is 2.36. The number of aromatic nitrogens is 1. The fourth-order valence-corrected chi connectivity index (χ4v) is 2.03. The van der Waals surface area contributed by atoms with Crippen LogP contribution >= 0.6 is 50.1 Å². The highest BCUT2D eigenvalue weighted by molar-refractivity contribution is 14.1. The molecule has 0 aliphatic heterocycles. The van der Waals surface area contributed by atoms with Crippen LogP contribution in [0, 0.1) is 3.57 Å². The van der Waals surface area contributed by atoms with Crippen LogP contribution in [-0.4, -0.2) is 11.6 Å². The number of hydrogen-bond donors (Lipinski definition) is 1. The van der Waals surface area contributed by atoms with Gasteiger partial charge in [0.2, 0.25) is 5.88 Å². The summed E-state index contributed by atoms with van der Waals surface area (Å²) in [6, 6.07) is 0. The lowest BCUT2D eigenvalue weighted by Crippen LogP contribution is -2.07. The molecule has 0 spiro atoms. The quantitative estimate of drug-likeness (QED) is 0.613. The van der Waals surface area contributed by atoms with Crippen LogP contribution in [0.2, 0.25) is 5.15 Å². The van der Waals surface area contributed by atoms with E-state index in [1.165, 1.54) is 0 Å². The summed E-state index contributed by atoms with van der Waals surface area (Å²) in [5.74, 6) is -0.272. The first-order chi connectivity index (χ1) is 6.43. The van der Waals surface area contributed by atoms with E-state index < -0.39 is 6.61 Å². The predicted molar refractivity (Wildman–Crippen MR) is 60.7 cm³/mol. The minimum absolute atomic E-state index is 0.0152. The van der Waals surface area contributed by atoms with Gasteiger partial charge >= 0.3 is 6.61 Å². The molecule has 0 atom stereocenters. The van der Waals surface area contributed by atoms with E-state index in [0.29, 0.717) is 8.04 Å². The van der Waals surface area contributed by atoms with E-state index in [4.69, 9.17) is 17.3 Å². The average molecular weight is 399 g/mol. The maximum Gasteiger partial charge on any atom is 0.388 e. The standard InChI is InChI=1S/C6H3BrClF2IN2O/c7-1-3(12)2(11)5(13-4(1)8)14-6(9)10/h6H,(H2,12,13). The molecule has 0 saturated carbocycles. The van der Waals surface area contributed by atoms with Gasteiger partial charge in [-0.1, -0.05) is 11.6 Å². The van der Waals surface area contributed by atoms with E-state index in [9.17, 15) is 8.78 Å². The van der Waals surface area contributed by atoms with Crippen molar-refractivity contribution in [1.82, 2.24) is 4.98 Å². The molecule has 14 heavy (non-hydrogen) atoms. The molecule has 0 aliphatic carbocycles. The van der Waals surface area contributed by atoms with E-state index >= 15 is 0 Å². The molecule has 0 radical (unpaired) electrons. The van der Waals surface area contributed by atoms with E-state index in [-0.39, 0.29) is 16.7 Å². The Kier molecular flexibility index (Phi) is 4.14. The molecule has 1 heterocycles. The normalized spacial score (nSPS) is 10.7. The summed E-state index contributed by atoms with van der Waals surface area (Å²) < 4.78 is 28.6. The number of alkyl halides is 2. The molecule has 0 bridgehead atoms. The van der Waals surface area contributed by atoms with Gasteiger partial charge in [0.15, 0.2) is 0 Å². The van der Waals surface area contributed by atoms with Crippen LogP contribution in [0.5, 0.6) is 5.88 Å². The van der Waals surface area contributed by atoms with Crippen molar-refractivity contribution < 1.29 is 13.5 Å². The molecule has 2 N–H and O–H groups in total. The summed E-state index contributed by atoms with van der Waals surface area (Å²) >= 11 is 10.4. The second kappa shape index (κ2) is 4.75. The van der Waals surface area contributed by atoms with Gasteiger partial charge in [0.05, 0.1) is 13.7 Å². The zero-order valence-electron chi connectivity index (χ0n) is 6.40. The Balaban J connectivity index is 3.19. The van der Waals surface area contributed by atoms with Crippen molar-refractivity contribution in [3.05, 3.63) is 13.2 Å². The minimum atomic E-state index is -2.95. The summed E-state index contributed by atoms with van der Waals surface area (Å²) in [5, 5.41) is -0.0152. The summed E-state index contributed by atoms with van der Waals surface area (Å²) in [4.78, 5) is 3.60. The number of nitrogens with two attached hydrogens (primary N) is 1. The van der Waals surface area contributed by atoms with Gasteiger partial charge in [0.25, 0.3) is 0 Å². The number of ether oxygens (including phenoxy) is 1. The number of pyridine rings is 1. The van der Waals surface area contributed by atoms with Crippen molar-refractivity contribution >= 4 is 55.8 Å². The van der Waals surface area contributed by atoms with Crippen LogP contribution < -0.4 is 10.5 Å². The molecule has 0 fully saturated rings. The molecule has 0 unspecified atom stereocenters. The van der Waals surface area contributed by atoms with Crippen LogP contribution in [0.15, 0.2) is 4.47 Å². The van der Waals surface area contributed by atoms with E-state index in [1.807, 2.05) is 0 Å². The Morgan fingerprint density at radius 3 is 2.64 bits per heavy atom.